The van der Waals surface area contributed by atoms with Crippen LogP contribution in [0.4, 0.5) is 8.78 Å². The third kappa shape index (κ3) is 4.78. The summed E-state index contributed by atoms with van der Waals surface area (Å²) in [5.74, 6) is -4.45. The molecule has 5 nitrogen and oxygen atoms in total. The van der Waals surface area contributed by atoms with Crippen LogP contribution in [0.1, 0.15) is 12.5 Å². The number of amides is 1. The van der Waals surface area contributed by atoms with Crippen molar-refractivity contribution in [1.29, 1.82) is 0 Å². The zero-order chi connectivity index (χ0) is 14.5. The quantitative estimate of drug-likeness (QED) is 0.803. The summed E-state index contributed by atoms with van der Waals surface area (Å²) in [6.45, 7) is 0.0690. The number of aromatic nitrogens is 1. The minimum absolute atomic E-state index is 0.204. The van der Waals surface area contributed by atoms with E-state index in [1.165, 1.54) is 13.3 Å². The fraction of sp³-hybridized carbons (Fsp3) is 0.500. The van der Waals surface area contributed by atoms with E-state index in [4.69, 9.17) is 9.84 Å². The van der Waals surface area contributed by atoms with Gasteiger partial charge >= 0.3 is 5.92 Å². The van der Waals surface area contributed by atoms with Crippen LogP contribution in [0.15, 0.2) is 18.3 Å². The fourth-order valence-electron chi connectivity index (χ4n) is 1.41. The molecule has 0 radical (unpaired) electrons. The van der Waals surface area contributed by atoms with Crippen molar-refractivity contribution >= 4 is 5.91 Å². The number of pyridine rings is 1. The number of nitrogens with one attached hydrogen (secondary N) is 1. The molecule has 0 aliphatic rings. The van der Waals surface area contributed by atoms with Gasteiger partial charge in [0, 0.05) is 19.2 Å². The Morgan fingerprint density at radius 1 is 1.58 bits per heavy atom. The van der Waals surface area contributed by atoms with Crippen LogP contribution in [0, 0.1) is 0 Å². The van der Waals surface area contributed by atoms with Crippen molar-refractivity contribution in [3.63, 3.8) is 0 Å². The molecule has 0 aliphatic heterocycles. The second kappa shape index (κ2) is 6.42. The number of hydrogen-bond donors (Lipinski definition) is 2. The van der Waals surface area contributed by atoms with E-state index in [0.717, 1.165) is 0 Å². The van der Waals surface area contributed by atoms with E-state index in [1.807, 2.05) is 0 Å². The van der Waals surface area contributed by atoms with Gasteiger partial charge in [0.05, 0.1) is 19.8 Å². The van der Waals surface area contributed by atoms with E-state index in [1.54, 1.807) is 12.1 Å². The number of aliphatic hydroxyl groups is 1. The van der Waals surface area contributed by atoms with Gasteiger partial charge in [0.15, 0.2) is 0 Å². The molecule has 0 spiro atoms. The number of hydrogen-bond acceptors (Lipinski definition) is 4. The van der Waals surface area contributed by atoms with E-state index in [2.05, 4.69) is 10.3 Å². The summed E-state index contributed by atoms with van der Waals surface area (Å²) in [6.07, 6.45) is 1.70. The van der Waals surface area contributed by atoms with Crippen LogP contribution in [0.3, 0.4) is 0 Å². The molecule has 19 heavy (non-hydrogen) atoms. The standard InChI is InChI=1S/C12H16F2N2O3/c1-12(13,14)11(18)16-9(7-17)5-8-3-4-10(19-2)15-6-8/h3-4,6,9,17H,5,7H2,1-2H3,(H,16,18). The monoisotopic (exact) mass is 274 g/mol. The van der Waals surface area contributed by atoms with Crippen LogP contribution < -0.4 is 10.1 Å². The minimum Gasteiger partial charge on any atom is -0.481 e. The topological polar surface area (TPSA) is 71.5 Å². The van der Waals surface area contributed by atoms with Crippen molar-refractivity contribution in [3.8, 4) is 5.88 Å². The first-order chi connectivity index (χ1) is 8.86. The maximum atomic E-state index is 12.7. The van der Waals surface area contributed by atoms with E-state index in [0.29, 0.717) is 18.4 Å². The third-order valence-corrected chi connectivity index (χ3v) is 2.44. The van der Waals surface area contributed by atoms with Crippen LogP contribution in [0.25, 0.3) is 0 Å². The highest BCUT2D eigenvalue weighted by molar-refractivity contribution is 5.83. The number of carbonyl (C=O) groups excluding carboxylic acids is 1. The summed E-state index contributed by atoms with van der Waals surface area (Å²) in [7, 11) is 1.47. The molecule has 1 aromatic rings. The Hall–Kier alpha value is -1.76. The summed E-state index contributed by atoms with van der Waals surface area (Å²) >= 11 is 0. The first kappa shape index (κ1) is 15.3. The predicted molar refractivity (Wildman–Crippen MR) is 64.1 cm³/mol. The second-order valence-corrected chi connectivity index (χ2v) is 4.15. The molecule has 1 unspecified atom stereocenters. The lowest BCUT2D eigenvalue weighted by Gasteiger charge is -2.18. The van der Waals surface area contributed by atoms with Gasteiger partial charge in [-0.3, -0.25) is 4.79 Å². The van der Waals surface area contributed by atoms with Crippen LogP contribution in [0.2, 0.25) is 0 Å². The number of carbonyl (C=O) groups is 1. The van der Waals surface area contributed by atoms with Crippen LogP contribution in [0.5, 0.6) is 5.88 Å². The third-order valence-electron chi connectivity index (χ3n) is 2.44. The zero-order valence-corrected chi connectivity index (χ0v) is 10.7. The highest BCUT2D eigenvalue weighted by Crippen LogP contribution is 2.13. The number of aliphatic hydroxyl groups excluding tert-OH is 1. The highest BCUT2D eigenvalue weighted by Gasteiger charge is 2.33. The van der Waals surface area contributed by atoms with E-state index in [-0.39, 0.29) is 6.42 Å². The summed E-state index contributed by atoms with van der Waals surface area (Å²) < 4.78 is 30.3. The maximum absolute atomic E-state index is 12.7. The second-order valence-electron chi connectivity index (χ2n) is 4.15. The maximum Gasteiger partial charge on any atom is 0.321 e. The fourth-order valence-corrected chi connectivity index (χ4v) is 1.41. The molecular weight excluding hydrogens is 258 g/mol. The number of methoxy groups -OCH3 is 1. The van der Waals surface area contributed by atoms with E-state index in [9.17, 15) is 13.6 Å². The molecule has 1 aromatic heterocycles. The van der Waals surface area contributed by atoms with Gasteiger partial charge in [-0.15, -0.1) is 0 Å². The van der Waals surface area contributed by atoms with Gasteiger partial charge in [0.25, 0.3) is 5.91 Å². The number of nitrogens with zero attached hydrogens (tertiary/aromatic N) is 1. The Bertz CT molecular complexity index is 418. The Morgan fingerprint density at radius 3 is 2.68 bits per heavy atom. The zero-order valence-electron chi connectivity index (χ0n) is 10.7. The smallest absolute Gasteiger partial charge is 0.321 e. The van der Waals surface area contributed by atoms with Crippen LogP contribution >= 0.6 is 0 Å². The summed E-state index contributed by atoms with van der Waals surface area (Å²) in [5, 5.41) is 11.2. The van der Waals surface area contributed by atoms with Crippen LogP contribution in [-0.2, 0) is 11.2 Å². The lowest BCUT2D eigenvalue weighted by molar-refractivity contribution is -0.144. The summed E-state index contributed by atoms with van der Waals surface area (Å²) in [4.78, 5) is 15.1. The van der Waals surface area contributed by atoms with Crippen LogP contribution in [-0.4, -0.2) is 41.7 Å². The van der Waals surface area contributed by atoms with E-state index < -0.39 is 24.5 Å². The number of ether oxygens (including phenoxy) is 1. The Morgan fingerprint density at radius 2 is 2.26 bits per heavy atom. The predicted octanol–water partition coefficient (Wildman–Crippen LogP) is 0.765. The first-order valence-corrected chi connectivity index (χ1v) is 5.65. The highest BCUT2D eigenvalue weighted by atomic mass is 19.3. The number of halogens is 2. The van der Waals surface area contributed by atoms with Crippen molar-refractivity contribution in [1.82, 2.24) is 10.3 Å². The molecule has 1 heterocycles. The van der Waals surface area contributed by atoms with Gasteiger partial charge in [-0.2, -0.15) is 8.78 Å². The molecule has 2 N–H and O–H groups in total. The molecule has 0 aromatic carbocycles. The molecule has 1 atom stereocenters. The summed E-state index contributed by atoms with van der Waals surface area (Å²) in [5.41, 5.74) is 0.694. The molecule has 106 valence electrons. The van der Waals surface area contributed by atoms with Gasteiger partial charge in [-0.1, -0.05) is 6.07 Å². The average molecular weight is 274 g/mol. The van der Waals surface area contributed by atoms with Gasteiger partial charge < -0.3 is 15.2 Å². The molecule has 7 heteroatoms. The van der Waals surface area contributed by atoms with Gasteiger partial charge in [-0.25, -0.2) is 4.98 Å². The molecule has 0 saturated heterocycles. The first-order valence-electron chi connectivity index (χ1n) is 5.65. The number of alkyl halides is 2. The van der Waals surface area contributed by atoms with Crippen molar-refractivity contribution in [2.75, 3.05) is 13.7 Å². The lowest BCUT2D eigenvalue weighted by atomic mass is 10.1. The molecule has 0 bridgehead atoms. The molecular formula is C12H16F2N2O3. The molecule has 1 rings (SSSR count). The van der Waals surface area contributed by atoms with Gasteiger partial charge in [0.2, 0.25) is 5.88 Å². The van der Waals surface area contributed by atoms with Gasteiger partial charge in [0.1, 0.15) is 0 Å². The Labute approximate surface area is 109 Å². The van der Waals surface area contributed by atoms with Gasteiger partial charge in [-0.05, 0) is 12.0 Å². The number of rotatable bonds is 6. The average Bonchev–Trinajstić information content (AvgIpc) is 2.37. The van der Waals surface area contributed by atoms with Crippen molar-refractivity contribution in [2.24, 2.45) is 0 Å². The van der Waals surface area contributed by atoms with E-state index >= 15 is 0 Å². The Kier molecular flexibility index (Phi) is 5.17. The largest absolute Gasteiger partial charge is 0.481 e. The molecule has 1 amide bonds. The SMILES string of the molecule is COc1ccc(CC(CO)NC(=O)C(C)(F)F)cn1. The summed E-state index contributed by atoms with van der Waals surface area (Å²) in [6, 6.07) is 2.51. The minimum atomic E-state index is -3.47. The Balaban J connectivity index is 2.63. The lowest BCUT2D eigenvalue weighted by Crippen LogP contribution is -2.46. The normalized spacial score (nSPS) is 12.9. The molecule has 0 aliphatic carbocycles. The van der Waals surface area contributed by atoms with Crippen molar-refractivity contribution in [3.05, 3.63) is 23.9 Å². The van der Waals surface area contributed by atoms with Crippen molar-refractivity contribution in [2.45, 2.75) is 25.3 Å². The molecule has 0 fully saturated rings. The van der Waals surface area contributed by atoms with Crippen molar-refractivity contribution < 1.29 is 23.4 Å². The molecule has 0 saturated carbocycles.